The number of para-hydroxylation sites is 2. The number of rotatable bonds is 9. The lowest BCUT2D eigenvalue weighted by Crippen LogP contribution is -2.37. The third kappa shape index (κ3) is 5.62. The third-order valence-corrected chi connectivity index (χ3v) is 15.8. The highest BCUT2D eigenvalue weighted by atomic mass is 31.2. The topological polar surface area (TPSA) is 6.48 Å². The second kappa shape index (κ2) is 13.5. The van der Waals surface area contributed by atoms with Gasteiger partial charge in [0, 0.05) is 30.7 Å². The summed E-state index contributed by atoms with van der Waals surface area (Å²) in [6.07, 6.45) is 11.3. The summed E-state index contributed by atoms with van der Waals surface area (Å²) in [6.45, 7) is 4.76. The van der Waals surface area contributed by atoms with Gasteiger partial charge in [0.05, 0.1) is 23.7 Å². The van der Waals surface area contributed by atoms with E-state index in [1.807, 2.05) is 0 Å². The van der Waals surface area contributed by atoms with Crippen molar-refractivity contribution in [3.63, 3.8) is 0 Å². The number of benzene rings is 6. The number of anilines is 4. The minimum atomic E-state index is -2.23. The number of fused-ring (bicyclic) bond motifs is 2. The molecule has 0 saturated carbocycles. The number of hydrogen-bond donors (Lipinski definition) is 0. The van der Waals surface area contributed by atoms with Crippen molar-refractivity contribution >= 4 is 77.3 Å². The van der Waals surface area contributed by atoms with E-state index in [1.165, 1.54) is 77.1 Å². The van der Waals surface area contributed by atoms with Crippen LogP contribution < -0.4 is 36.3 Å². The van der Waals surface area contributed by atoms with Crippen molar-refractivity contribution < 1.29 is 0 Å². The Morgan fingerprint density at radius 3 is 2.04 bits per heavy atom. The van der Waals surface area contributed by atoms with E-state index < -0.39 is 7.26 Å². The van der Waals surface area contributed by atoms with Gasteiger partial charge in [0.1, 0.15) is 23.2 Å². The standard InChI is InChI=1S/C46H43N2P2/c1-33-17-11-12-26-40(33)47(2)41-27-13-14-28-43(41)50(4,37-22-9-6-10-23-37)44-32-30-35-19-16-25-39(35)46(44)48(3)45-38-24-15-18-34(38)29-31-42(45)49-36-20-7-5-8-21-36/h5-17,19-24,26-32,49H,18,25H2,1-4H3/q+1. The van der Waals surface area contributed by atoms with Gasteiger partial charge < -0.3 is 9.80 Å². The summed E-state index contributed by atoms with van der Waals surface area (Å²) >= 11 is 0. The number of hydrogen-bond acceptors (Lipinski definition) is 2. The molecule has 0 spiro atoms. The van der Waals surface area contributed by atoms with Crippen molar-refractivity contribution in [2.24, 2.45) is 0 Å². The summed E-state index contributed by atoms with van der Waals surface area (Å²) in [5, 5.41) is 6.95. The third-order valence-electron chi connectivity index (χ3n) is 10.5. The van der Waals surface area contributed by atoms with Crippen LogP contribution in [0.15, 0.2) is 146 Å². The van der Waals surface area contributed by atoms with Crippen molar-refractivity contribution in [3.05, 3.63) is 173 Å². The molecule has 8 rings (SSSR count). The molecule has 0 bridgehead atoms. The first-order valence-corrected chi connectivity index (χ1v) is 20.7. The summed E-state index contributed by atoms with van der Waals surface area (Å²) in [7, 11) is 2.90. The van der Waals surface area contributed by atoms with E-state index in [9.17, 15) is 0 Å². The van der Waals surface area contributed by atoms with Crippen molar-refractivity contribution in [3.8, 4) is 0 Å². The van der Waals surface area contributed by atoms with Gasteiger partial charge >= 0.3 is 0 Å². The summed E-state index contributed by atoms with van der Waals surface area (Å²) in [5.41, 5.74) is 12.0. The van der Waals surface area contributed by atoms with Crippen LogP contribution in [0.25, 0.3) is 12.2 Å². The number of aryl methyl sites for hydroxylation is 1. The Morgan fingerprint density at radius 2 is 1.26 bits per heavy atom. The molecule has 0 radical (unpaired) electrons. The molecule has 4 heteroatoms. The van der Waals surface area contributed by atoms with Gasteiger partial charge in [0.2, 0.25) is 0 Å². The first-order valence-electron chi connectivity index (χ1n) is 17.5. The minimum absolute atomic E-state index is 0.565. The fraction of sp³-hybridized carbons (Fsp3) is 0.130. The zero-order valence-corrected chi connectivity index (χ0v) is 31.2. The van der Waals surface area contributed by atoms with Crippen LogP contribution >= 0.6 is 15.8 Å². The lowest BCUT2D eigenvalue weighted by Gasteiger charge is -2.34. The first-order chi connectivity index (χ1) is 24.4. The highest BCUT2D eigenvalue weighted by molar-refractivity contribution is 7.95. The molecule has 6 aromatic rings. The lowest BCUT2D eigenvalue weighted by molar-refractivity contribution is 1.16. The number of allylic oxidation sites excluding steroid dienone is 2. The second-order valence-electron chi connectivity index (χ2n) is 13.5. The highest BCUT2D eigenvalue weighted by Gasteiger charge is 2.46. The average Bonchev–Trinajstić information content (AvgIpc) is 3.85. The minimum Gasteiger partial charge on any atom is -0.341 e. The molecule has 246 valence electrons. The summed E-state index contributed by atoms with van der Waals surface area (Å²) in [4.78, 5) is 4.98. The van der Waals surface area contributed by atoms with Gasteiger partial charge in [-0.2, -0.15) is 0 Å². The maximum Gasteiger partial charge on any atom is 0.128 e. The van der Waals surface area contributed by atoms with Gasteiger partial charge in [-0.05, 0) is 83.7 Å². The van der Waals surface area contributed by atoms with Gasteiger partial charge in [-0.3, -0.25) is 0 Å². The molecular formula is C46H43N2P2+. The Hall–Kier alpha value is -4.74. The Labute approximate surface area is 299 Å². The largest absolute Gasteiger partial charge is 0.341 e. The van der Waals surface area contributed by atoms with E-state index in [4.69, 9.17) is 0 Å². The van der Waals surface area contributed by atoms with E-state index in [0.29, 0.717) is 8.58 Å². The molecule has 0 N–H and O–H groups in total. The van der Waals surface area contributed by atoms with E-state index in [2.05, 4.69) is 195 Å². The monoisotopic (exact) mass is 685 g/mol. The van der Waals surface area contributed by atoms with E-state index >= 15 is 0 Å². The quantitative estimate of drug-likeness (QED) is 0.140. The molecule has 0 saturated heterocycles. The summed E-state index contributed by atoms with van der Waals surface area (Å²) < 4.78 is 0. The van der Waals surface area contributed by atoms with Crippen LogP contribution in [0.2, 0.25) is 0 Å². The Kier molecular flexibility index (Phi) is 8.78. The van der Waals surface area contributed by atoms with Crippen LogP contribution in [0.1, 0.15) is 27.8 Å². The molecule has 50 heavy (non-hydrogen) atoms. The molecular weight excluding hydrogens is 642 g/mol. The molecule has 2 atom stereocenters. The molecule has 0 aliphatic heterocycles. The molecule has 6 aromatic carbocycles. The Morgan fingerprint density at radius 1 is 0.580 bits per heavy atom. The fourth-order valence-electron chi connectivity index (χ4n) is 7.95. The van der Waals surface area contributed by atoms with Gasteiger partial charge in [0.25, 0.3) is 0 Å². The summed E-state index contributed by atoms with van der Waals surface area (Å²) in [6, 6.07) is 49.7. The summed E-state index contributed by atoms with van der Waals surface area (Å²) in [5.74, 6) is 0. The second-order valence-corrected chi connectivity index (χ2v) is 18.3. The van der Waals surface area contributed by atoms with Crippen molar-refractivity contribution in [1.29, 1.82) is 0 Å². The van der Waals surface area contributed by atoms with Crippen LogP contribution in [-0.2, 0) is 12.8 Å². The van der Waals surface area contributed by atoms with Crippen molar-refractivity contribution in [1.82, 2.24) is 0 Å². The SMILES string of the molecule is Cc1ccccc1N(C)c1ccccc1[P+](C)(c1ccccc1)c1ccc2c(c1N(C)c1c(Pc3ccccc3)ccc3c1C=CC3)CC=C2. The van der Waals surface area contributed by atoms with E-state index in [0.717, 1.165) is 12.8 Å². The van der Waals surface area contributed by atoms with E-state index in [-0.39, 0.29) is 0 Å². The first kappa shape index (κ1) is 32.5. The maximum absolute atomic E-state index is 2.58. The molecule has 0 heterocycles. The van der Waals surface area contributed by atoms with Crippen molar-refractivity contribution in [2.75, 3.05) is 30.6 Å². The molecule has 0 amide bonds. The normalized spacial score (nSPS) is 14.2. The van der Waals surface area contributed by atoms with Crippen LogP contribution in [0.5, 0.6) is 0 Å². The Bertz CT molecular complexity index is 2260. The molecule has 2 aliphatic rings. The Balaban J connectivity index is 1.38. The van der Waals surface area contributed by atoms with Crippen LogP contribution in [-0.4, -0.2) is 20.8 Å². The molecule has 2 aliphatic carbocycles. The average molecular weight is 686 g/mol. The molecule has 0 aromatic heterocycles. The van der Waals surface area contributed by atoms with Crippen molar-refractivity contribution in [2.45, 2.75) is 19.8 Å². The highest BCUT2D eigenvalue weighted by Crippen LogP contribution is 2.57. The predicted molar refractivity (Wildman–Crippen MR) is 224 cm³/mol. The van der Waals surface area contributed by atoms with Crippen LogP contribution in [0, 0.1) is 6.92 Å². The molecule has 2 unspecified atom stereocenters. The van der Waals surface area contributed by atoms with E-state index in [1.54, 1.807) is 0 Å². The smallest absolute Gasteiger partial charge is 0.128 e. The zero-order chi connectivity index (χ0) is 34.2. The van der Waals surface area contributed by atoms with Gasteiger partial charge in [0.15, 0.2) is 0 Å². The lowest BCUT2D eigenvalue weighted by atomic mass is 10.0. The zero-order valence-electron chi connectivity index (χ0n) is 29.3. The fourth-order valence-corrected chi connectivity index (χ4v) is 12.9. The maximum atomic E-state index is 2.58. The molecule has 2 nitrogen and oxygen atoms in total. The predicted octanol–water partition coefficient (Wildman–Crippen LogP) is 9.22. The molecule has 0 fully saturated rings. The van der Waals surface area contributed by atoms with Crippen LogP contribution in [0.4, 0.5) is 22.7 Å². The van der Waals surface area contributed by atoms with Gasteiger partial charge in [-0.15, -0.1) is 0 Å². The van der Waals surface area contributed by atoms with Gasteiger partial charge in [-0.25, -0.2) is 0 Å². The van der Waals surface area contributed by atoms with Gasteiger partial charge in [-0.1, -0.05) is 130 Å². The number of nitrogens with zero attached hydrogens (tertiary/aromatic N) is 2. The van der Waals surface area contributed by atoms with Crippen LogP contribution in [0.3, 0.4) is 0 Å².